The summed E-state index contributed by atoms with van der Waals surface area (Å²) >= 11 is 0. The summed E-state index contributed by atoms with van der Waals surface area (Å²) in [4.78, 5) is 2.33. The van der Waals surface area contributed by atoms with Gasteiger partial charge >= 0.3 is 0 Å². The van der Waals surface area contributed by atoms with Crippen LogP contribution in [0, 0.1) is 0 Å². The molecule has 0 aliphatic carbocycles. The Morgan fingerprint density at radius 1 is 1.40 bits per heavy atom. The Hall–Kier alpha value is -1.18. The van der Waals surface area contributed by atoms with Gasteiger partial charge in [0, 0.05) is 31.5 Å². The van der Waals surface area contributed by atoms with Crippen molar-refractivity contribution in [1.29, 1.82) is 0 Å². The van der Waals surface area contributed by atoms with Crippen molar-refractivity contribution in [1.82, 2.24) is 0 Å². The van der Waals surface area contributed by atoms with Crippen LogP contribution in [0.15, 0.2) is 18.2 Å². The predicted molar refractivity (Wildman–Crippen MR) is 66.8 cm³/mol. The fourth-order valence-electron chi connectivity index (χ4n) is 2.16. The predicted octanol–water partition coefficient (Wildman–Crippen LogP) is 2.89. The van der Waals surface area contributed by atoms with E-state index in [4.69, 9.17) is 0 Å². The van der Waals surface area contributed by atoms with Crippen LogP contribution in [0.2, 0.25) is 0 Å². The number of nitrogens with zero attached hydrogens (tertiary/aromatic N) is 1. The van der Waals surface area contributed by atoms with Gasteiger partial charge in [-0.1, -0.05) is 6.92 Å². The SMILES string of the molecule is CCCN(C)c1ccc2c(c1)CCCN2. The van der Waals surface area contributed by atoms with E-state index in [-0.39, 0.29) is 0 Å². The molecule has 0 aromatic heterocycles. The van der Waals surface area contributed by atoms with Gasteiger partial charge in [-0.3, -0.25) is 0 Å². The fraction of sp³-hybridized carbons (Fsp3) is 0.538. The molecule has 0 bridgehead atoms. The van der Waals surface area contributed by atoms with E-state index in [9.17, 15) is 0 Å². The molecule has 82 valence electrons. The maximum atomic E-state index is 3.44. The van der Waals surface area contributed by atoms with Gasteiger partial charge in [-0.05, 0) is 43.0 Å². The molecule has 15 heavy (non-hydrogen) atoms. The van der Waals surface area contributed by atoms with Gasteiger partial charge in [-0.2, -0.15) is 0 Å². The van der Waals surface area contributed by atoms with Gasteiger partial charge in [-0.25, -0.2) is 0 Å². The first-order valence-electron chi connectivity index (χ1n) is 5.89. The molecule has 0 atom stereocenters. The minimum absolute atomic E-state index is 1.12. The van der Waals surface area contributed by atoms with E-state index < -0.39 is 0 Å². The summed E-state index contributed by atoms with van der Waals surface area (Å²) in [7, 11) is 2.17. The summed E-state index contributed by atoms with van der Waals surface area (Å²) < 4.78 is 0. The molecule has 0 spiro atoms. The van der Waals surface area contributed by atoms with Gasteiger partial charge in [-0.15, -0.1) is 0 Å². The second-order valence-corrected chi connectivity index (χ2v) is 4.29. The van der Waals surface area contributed by atoms with E-state index in [1.807, 2.05) is 0 Å². The van der Waals surface area contributed by atoms with Crippen LogP contribution in [0.25, 0.3) is 0 Å². The molecule has 0 fully saturated rings. The summed E-state index contributed by atoms with van der Waals surface area (Å²) in [5, 5.41) is 3.44. The van der Waals surface area contributed by atoms with Gasteiger partial charge in [0.15, 0.2) is 0 Å². The highest BCUT2D eigenvalue weighted by atomic mass is 15.1. The summed E-state index contributed by atoms with van der Waals surface area (Å²) in [5.41, 5.74) is 4.15. The molecular weight excluding hydrogens is 184 g/mol. The second kappa shape index (κ2) is 4.56. The molecular formula is C13H20N2. The highest BCUT2D eigenvalue weighted by molar-refractivity contribution is 5.61. The summed E-state index contributed by atoms with van der Waals surface area (Å²) in [6.45, 7) is 4.47. The number of hydrogen-bond acceptors (Lipinski definition) is 2. The lowest BCUT2D eigenvalue weighted by Gasteiger charge is -2.23. The lowest BCUT2D eigenvalue weighted by molar-refractivity contribution is 0.822. The smallest absolute Gasteiger partial charge is 0.0374 e. The van der Waals surface area contributed by atoms with E-state index in [0.29, 0.717) is 0 Å². The average Bonchev–Trinajstić information content (AvgIpc) is 2.29. The van der Waals surface area contributed by atoms with E-state index in [2.05, 4.69) is 42.4 Å². The number of anilines is 2. The Morgan fingerprint density at radius 3 is 3.07 bits per heavy atom. The van der Waals surface area contributed by atoms with Crippen LogP contribution in [0.5, 0.6) is 0 Å². The van der Waals surface area contributed by atoms with Crippen LogP contribution in [0.4, 0.5) is 11.4 Å². The van der Waals surface area contributed by atoms with Crippen molar-refractivity contribution < 1.29 is 0 Å². The molecule has 1 aliphatic heterocycles. The van der Waals surface area contributed by atoms with Crippen molar-refractivity contribution in [3.05, 3.63) is 23.8 Å². The van der Waals surface area contributed by atoms with Crippen molar-refractivity contribution in [2.75, 3.05) is 30.4 Å². The van der Waals surface area contributed by atoms with E-state index in [1.54, 1.807) is 0 Å². The lowest BCUT2D eigenvalue weighted by Crippen LogP contribution is -2.19. The van der Waals surface area contributed by atoms with Crippen LogP contribution in [0.3, 0.4) is 0 Å². The van der Waals surface area contributed by atoms with E-state index >= 15 is 0 Å². The molecule has 1 N–H and O–H groups in total. The molecule has 0 saturated heterocycles. The molecule has 0 radical (unpaired) electrons. The molecule has 1 aromatic rings. The van der Waals surface area contributed by atoms with Gasteiger partial charge in [0.2, 0.25) is 0 Å². The van der Waals surface area contributed by atoms with Crippen LogP contribution < -0.4 is 10.2 Å². The Balaban J connectivity index is 2.20. The molecule has 2 rings (SSSR count). The van der Waals surface area contributed by atoms with E-state index in [1.165, 1.54) is 36.2 Å². The lowest BCUT2D eigenvalue weighted by atomic mass is 10.0. The molecule has 2 nitrogen and oxygen atoms in total. The Labute approximate surface area is 92.3 Å². The van der Waals surface area contributed by atoms with Crippen molar-refractivity contribution in [3.63, 3.8) is 0 Å². The van der Waals surface area contributed by atoms with Gasteiger partial charge in [0.05, 0.1) is 0 Å². The standard InChI is InChI=1S/C13H20N2/c1-3-9-15(2)12-6-7-13-11(10-12)5-4-8-14-13/h6-7,10,14H,3-5,8-9H2,1-2H3. The minimum Gasteiger partial charge on any atom is -0.385 e. The molecule has 1 aromatic carbocycles. The first-order valence-corrected chi connectivity index (χ1v) is 5.89. The zero-order valence-electron chi connectivity index (χ0n) is 9.71. The number of hydrogen-bond donors (Lipinski definition) is 1. The quantitative estimate of drug-likeness (QED) is 0.814. The highest BCUT2D eigenvalue weighted by Crippen LogP contribution is 2.26. The zero-order chi connectivity index (χ0) is 10.7. The van der Waals surface area contributed by atoms with Gasteiger partial charge < -0.3 is 10.2 Å². The normalized spacial score (nSPS) is 14.3. The van der Waals surface area contributed by atoms with Gasteiger partial charge in [0.25, 0.3) is 0 Å². The highest BCUT2D eigenvalue weighted by Gasteiger charge is 2.09. The van der Waals surface area contributed by atoms with E-state index in [0.717, 1.165) is 13.1 Å². The molecule has 1 aliphatic rings. The van der Waals surface area contributed by atoms with Crippen molar-refractivity contribution in [2.45, 2.75) is 26.2 Å². The largest absolute Gasteiger partial charge is 0.385 e. The Kier molecular flexibility index (Phi) is 3.14. The third-order valence-corrected chi connectivity index (χ3v) is 3.03. The van der Waals surface area contributed by atoms with Crippen molar-refractivity contribution in [2.24, 2.45) is 0 Å². The van der Waals surface area contributed by atoms with Crippen LogP contribution in [-0.2, 0) is 6.42 Å². The third-order valence-electron chi connectivity index (χ3n) is 3.03. The first kappa shape index (κ1) is 10.3. The van der Waals surface area contributed by atoms with Crippen LogP contribution >= 0.6 is 0 Å². The average molecular weight is 204 g/mol. The third kappa shape index (κ3) is 2.25. The van der Waals surface area contributed by atoms with Crippen molar-refractivity contribution >= 4 is 11.4 Å². The number of aryl methyl sites for hydroxylation is 1. The van der Waals surface area contributed by atoms with Crippen LogP contribution in [0.1, 0.15) is 25.3 Å². The van der Waals surface area contributed by atoms with Gasteiger partial charge in [0.1, 0.15) is 0 Å². The fourth-order valence-corrected chi connectivity index (χ4v) is 2.16. The second-order valence-electron chi connectivity index (χ2n) is 4.29. The number of rotatable bonds is 3. The monoisotopic (exact) mass is 204 g/mol. The first-order chi connectivity index (χ1) is 7.31. The Bertz CT molecular complexity index is 333. The number of benzene rings is 1. The molecule has 0 amide bonds. The summed E-state index contributed by atoms with van der Waals surface area (Å²) in [6.07, 6.45) is 3.68. The molecule has 0 saturated carbocycles. The Morgan fingerprint density at radius 2 is 2.27 bits per heavy atom. The molecule has 1 heterocycles. The zero-order valence-corrected chi connectivity index (χ0v) is 9.71. The minimum atomic E-state index is 1.12. The topological polar surface area (TPSA) is 15.3 Å². The maximum Gasteiger partial charge on any atom is 0.0374 e. The summed E-state index contributed by atoms with van der Waals surface area (Å²) in [6, 6.07) is 6.76. The van der Waals surface area contributed by atoms with Crippen molar-refractivity contribution in [3.8, 4) is 0 Å². The number of nitrogens with one attached hydrogen (secondary N) is 1. The van der Waals surface area contributed by atoms with Crippen LogP contribution in [-0.4, -0.2) is 20.1 Å². The molecule has 2 heteroatoms. The molecule has 0 unspecified atom stereocenters. The number of fused-ring (bicyclic) bond motifs is 1. The summed E-state index contributed by atoms with van der Waals surface area (Å²) in [5.74, 6) is 0. The maximum absolute atomic E-state index is 3.44.